The van der Waals surface area contributed by atoms with Crippen LogP contribution in [0.15, 0.2) is 61.1 Å². The number of benzene rings is 2. The van der Waals surface area contributed by atoms with Crippen molar-refractivity contribution >= 4 is 28.6 Å². The zero-order valence-corrected chi connectivity index (χ0v) is 21.8. The van der Waals surface area contributed by atoms with Crippen molar-refractivity contribution in [3.8, 4) is 11.6 Å². The third kappa shape index (κ3) is 6.46. The molecular formula is C28H25F4N5O4. The summed E-state index contributed by atoms with van der Waals surface area (Å²) in [5, 5.41) is 3.00. The number of ether oxygens (including phenoxy) is 2. The van der Waals surface area contributed by atoms with Crippen molar-refractivity contribution in [2.75, 3.05) is 25.5 Å². The van der Waals surface area contributed by atoms with Crippen LogP contribution in [0.3, 0.4) is 0 Å². The third-order valence-corrected chi connectivity index (χ3v) is 6.83. The minimum atomic E-state index is -4.89. The zero-order valence-electron chi connectivity index (χ0n) is 21.8. The average Bonchev–Trinajstić information content (AvgIpc) is 3.37. The van der Waals surface area contributed by atoms with Gasteiger partial charge in [-0.05, 0) is 68.4 Å². The molecule has 1 N–H and O–H groups in total. The van der Waals surface area contributed by atoms with Crippen LogP contribution in [0.25, 0.3) is 10.9 Å². The molecule has 0 atom stereocenters. The highest BCUT2D eigenvalue weighted by atomic mass is 19.4. The number of nitrogens with one attached hydrogen (secondary N) is 1. The van der Waals surface area contributed by atoms with Gasteiger partial charge < -0.3 is 14.8 Å². The fourth-order valence-corrected chi connectivity index (χ4v) is 4.73. The second-order valence-electron chi connectivity index (χ2n) is 9.55. The summed E-state index contributed by atoms with van der Waals surface area (Å²) >= 11 is 0. The lowest BCUT2D eigenvalue weighted by atomic mass is 9.97. The standard InChI is InChI=1S/C28H25F4N5O4/c1-40-26(38)17-6-9-36(10-7-17)15-20-14-25(34-16-33-20)41-21-3-5-24-18(12-21)8-11-37(24)27(39)35-19-2-4-23(29)22(13-19)28(30,31)32/h2-5,8,11-14,16-17H,6-7,9-10,15H2,1H3,(H,35,39). The summed E-state index contributed by atoms with van der Waals surface area (Å²) in [5.74, 6) is -0.907. The van der Waals surface area contributed by atoms with Crippen molar-refractivity contribution in [2.45, 2.75) is 25.6 Å². The van der Waals surface area contributed by atoms with Gasteiger partial charge in [-0.2, -0.15) is 13.2 Å². The molecular weight excluding hydrogens is 546 g/mol. The SMILES string of the molecule is COC(=O)C1CCN(Cc2cc(Oc3ccc4c(ccn4C(=O)Nc4ccc(F)c(C(F)(F)F)c4)c3)ncn2)CC1. The van der Waals surface area contributed by atoms with Gasteiger partial charge in [-0.15, -0.1) is 0 Å². The van der Waals surface area contributed by atoms with Crippen LogP contribution in [0.4, 0.5) is 28.0 Å². The number of nitrogens with zero attached hydrogens (tertiary/aromatic N) is 4. The van der Waals surface area contributed by atoms with Crippen LogP contribution in [0, 0.1) is 11.7 Å². The number of rotatable bonds is 6. The summed E-state index contributed by atoms with van der Waals surface area (Å²) in [6.07, 6.45) is -0.585. The Hall–Kier alpha value is -4.52. The largest absolute Gasteiger partial charge is 0.469 e. The van der Waals surface area contributed by atoms with E-state index in [1.54, 1.807) is 30.3 Å². The van der Waals surface area contributed by atoms with E-state index in [0.717, 1.165) is 37.7 Å². The molecule has 2 aromatic carbocycles. The Morgan fingerprint density at radius 3 is 2.56 bits per heavy atom. The highest BCUT2D eigenvalue weighted by molar-refractivity contribution is 5.98. The number of alkyl halides is 3. The molecule has 1 fully saturated rings. The molecule has 0 saturated carbocycles. The molecule has 5 rings (SSSR count). The van der Waals surface area contributed by atoms with Crippen LogP contribution in [0.2, 0.25) is 0 Å². The van der Waals surface area contributed by atoms with Gasteiger partial charge in [0.25, 0.3) is 0 Å². The monoisotopic (exact) mass is 571 g/mol. The summed E-state index contributed by atoms with van der Waals surface area (Å²) in [5.41, 5.74) is -0.431. The fraction of sp³-hybridized carbons (Fsp3) is 0.286. The van der Waals surface area contributed by atoms with Gasteiger partial charge in [0.1, 0.15) is 17.9 Å². The quantitative estimate of drug-likeness (QED) is 0.229. The number of carbonyl (C=O) groups is 2. The van der Waals surface area contributed by atoms with E-state index < -0.39 is 23.6 Å². The predicted molar refractivity (Wildman–Crippen MR) is 140 cm³/mol. The van der Waals surface area contributed by atoms with E-state index in [-0.39, 0.29) is 17.6 Å². The first-order valence-electron chi connectivity index (χ1n) is 12.7. The molecule has 0 spiro atoms. The van der Waals surface area contributed by atoms with E-state index in [4.69, 9.17) is 9.47 Å². The van der Waals surface area contributed by atoms with E-state index in [0.29, 0.717) is 41.2 Å². The highest BCUT2D eigenvalue weighted by Gasteiger charge is 2.34. The molecule has 1 aliphatic heterocycles. The number of piperidine rings is 1. The average molecular weight is 572 g/mol. The van der Waals surface area contributed by atoms with Crippen LogP contribution in [0.5, 0.6) is 11.6 Å². The first-order valence-corrected chi connectivity index (χ1v) is 12.7. The van der Waals surface area contributed by atoms with E-state index in [1.807, 2.05) is 0 Å². The summed E-state index contributed by atoms with van der Waals surface area (Å²) in [6.45, 7) is 2.06. The maximum atomic E-state index is 13.6. The molecule has 4 aromatic rings. The number of aromatic nitrogens is 3. The number of amides is 1. The molecule has 1 amide bonds. The Kier molecular flexibility index (Phi) is 7.88. The van der Waals surface area contributed by atoms with Gasteiger partial charge in [0.05, 0.1) is 29.8 Å². The van der Waals surface area contributed by atoms with Crippen LogP contribution in [-0.2, 0) is 22.3 Å². The van der Waals surface area contributed by atoms with Crippen LogP contribution in [-0.4, -0.2) is 51.6 Å². The Morgan fingerprint density at radius 2 is 1.83 bits per heavy atom. The van der Waals surface area contributed by atoms with Gasteiger partial charge in [-0.25, -0.2) is 19.2 Å². The zero-order chi connectivity index (χ0) is 29.1. The highest BCUT2D eigenvalue weighted by Crippen LogP contribution is 2.33. The number of methoxy groups -OCH3 is 1. The van der Waals surface area contributed by atoms with Crippen molar-refractivity contribution in [3.05, 3.63) is 78.1 Å². The van der Waals surface area contributed by atoms with Gasteiger partial charge in [0.2, 0.25) is 5.88 Å². The Morgan fingerprint density at radius 1 is 1.05 bits per heavy atom. The predicted octanol–water partition coefficient (Wildman–Crippen LogP) is 5.85. The van der Waals surface area contributed by atoms with Gasteiger partial charge >= 0.3 is 18.2 Å². The third-order valence-electron chi connectivity index (χ3n) is 6.83. The normalized spacial score (nSPS) is 14.7. The first kappa shape index (κ1) is 28.0. The second-order valence-corrected chi connectivity index (χ2v) is 9.55. The lowest BCUT2D eigenvalue weighted by molar-refractivity contribution is -0.147. The fourth-order valence-electron chi connectivity index (χ4n) is 4.73. The second kappa shape index (κ2) is 11.5. The topological polar surface area (TPSA) is 98.6 Å². The smallest absolute Gasteiger partial charge is 0.419 e. The molecule has 13 heteroatoms. The maximum Gasteiger partial charge on any atom is 0.419 e. The Labute approximate surface area is 231 Å². The molecule has 1 saturated heterocycles. The molecule has 3 heterocycles. The van der Waals surface area contributed by atoms with Crippen molar-refractivity contribution in [1.29, 1.82) is 0 Å². The minimum absolute atomic E-state index is 0.0819. The van der Waals surface area contributed by atoms with Crippen LogP contribution < -0.4 is 10.1 Å². The number of hydrogen-bond donors (Lipinski definition) is 1. The first-order chi connectivity index (χ1) is 19.6. The molecule has 2 aromatic heterocycles. The molecule has 0 aliphatic carbocycles. The minimum Gasteiger partial charge on any atom is -0.469 e. The van der Waals surface area contributed by atoms with Gasteiger partial charge in [-0.3, -0.25) is 14.3 Å². The number of fused-ring (bicyclic) bond motifs is 1. The van der Waals surface area contributed by atoms with Crippen molar-refractivity contribution in [3.63, 3.8) is 0 Å². The van der Waals surface area contributed by atoms with Crippen molar-refractivity contribution in [1.82, 2.24) is 19.4 Å². The molecule has 214 valence electrons. The van der Waals surface area contributed by atoms with Gasteiger partial charge in [-0.1, -0.05) is 0 Å². The van der Waals surface area contributed by atoms with Crippen LogP contribution >= 0.6 is 0 Å². The Balaban J connectivity index is 1.24. The maximum absolute atomic E-state index is 13.6. The van der Waals surface area contributed by atoms with E-state index in [1.165, 1.54) is 24.2 Å². The summed E-state index contributed by atoms with van der Waals surface area (Å²) < 4.78 is 64.6. The van der Waals surface area contributed by atoms with E-state index >= 15 is 0 Å². The van der Waals surface area contributed by atoms with Crippen molar-refractivity contribution in [2.24, 2.45) is 5.92 Å². The lowest BCUT2D eigenvalue weighted by Gasteiger charge is -2.30. The van der Waals surface area contributed by atoms with E-state index in [9.17, 15) is 27.2 Å². The number of esters is 1. The number of hydrogen-bond acceptors (Lipinski definition) is 7. The Bertz CT molecular complexity index is 1580. The molecule has 9 nitrogen and oxygen atoms in total. The van der Waals surface area contributed by atoms with Gasteiger partial charge in [0.15, 0.2) is 0 Å². The van der Waals surface area contributed by atoms with Crippen molar-refractivity contribution < 1.29 is 36.6 Å². The molecule has 0 radical (unpaired) electrons. The lowest BCUT2D eigenvalue weighted by Crippen LogP contribution is -2.36. The van der Waals surface area contributed by atoms with Gasteiger partial charge in [0, 0.05) is 29.9 Å². The van der Waals surface area contributed by atoms with E-state index in [2.05, 4.69) is 20.2 Å². The summed E-state index contributed by atoms with van der Waals surface area (Å²) in [4.78, 5) is 35.2. The summed E-state index contributed by atoms with van der Waals surface area (Å²) in [6, 6.07) is 9.87. The molecule has 0 bridgehead atoms. The summed E-state index contributed by atoms with van der Waals surface area (Å²) in [7, 11) is 1.40. The van der Waals surface area contributed by atoms with Crippen LogP contribution in [0.1, 0.15) is 24.1 Å². The number of carbonyl (C=O) groups excluding carboxylic acids is 2. The molecule has 0 unspecified atom stereocenters. The molecule has 1 aliphatic rings. The number of likely N-dealkylation sites (tertiary alicyclic amines) is 1. The number of anilines is 1. The number of halogens is 4. The molecule has 41 heavy (non-hydrogen) atoms.